The van der Waals surface area contributed by atoms with E-state index in [9.17, 15) is 4.79 Å². The molecule has 2 rings (SSSR count). The molecule has 0 heterocycles. The van der Waals surface area contributed by atoms with Gasteiger partial charge in [-0.05, 0) is 59.9 Å². The van der Waals surface area contributed by atoms with Gasteiger partial charge >= 0.3 is 5.97 Å². The monoisotopic (exact) mass is 363 g/mol. The van der Waals surface area contributed by atoms with Crippen LogP contribution in [0.25, 0.3) is 0 Å². The zero-order valence-corrected chi connectivity index (χ0v) is 17.2. The Morgan fingerprint density at radius 3 is 2.44 bits per heavy atom. The molecule has 0 bridgehead atoms. The summed E-state index contributed by atoms with van der Waals surface area (Å²) < 4.78 is 4.54. The molecule has 0 saturated heterocycles. The van der Waals surface area contributed by atoms with Gasteiger partial charge in [0, 0.05) is 17.3 Å². The largest absolute Gasteiger partial charge is 0.465 e. The predicted octanol–water partition coefficient (Wildman–Crippen LogP) is 5.09. The molecular weight excluding hydrogens is 334 g/mol. The number of fused-ring (bicyclic) bond motifs is 1. The molecule has 27 heavy (non-hydrogen) atoms. The molecule has 142 valence electrons. The molecule has 0 spiro atoms. The van der Waals surface area contributed by atoms with Crippen LogP contribution in [0.3, 0.4) is 0 Å². The highest BCUT2D eigenvalue weighted by atomic mass is 16.5. The van der Waals surface area contributed by atoms with Crippen LogP contribution < -0.4 is 0 Å². The van der Waals surface area contributed by atoms with Crippen LogP contribution in [0.2, 0.25) is 0 Å². The van der Waals surface area contributed by atoms with E-state index in [1.807, 2.05) is 19.1 Å². The van der Waals surface area contributed by atoms with Gasteiger partial charge in [-0.15, -0.1) is 0 Å². The van der Waals surface area contributed by atoms with Gasteiger partial charge in [-0.2, -0.15) is 0 Å². The molecule has 0 fully saturated rings. The number of carbonyl (C=O) groups is 1. The van der Waals surface area contributed by atoms with Gasteiger partial charge in [0.05, 0.1) is 7.11 Å². The highest BCUT2D eigenvalue weighted by molar-refractivity contribution is 6.23. The molecule has 0 radical (unpaired) electrons. The van der Waals surface area contributed by atoms with Crippen molar-refractivity contribution in [2.45, 2.75) is 58.3 Å². The lowest BCUT2D eigenvalue weighted by Crippen LogP contribution is -2.33. The second-order valence-electron chi connectivity index (χ2n) is 8.16. The van der Waals surface area contributed by atoms with Crippen LogP contribution in [-0.4, -0.2) is 19.3 Å². The first-order valence-electron chi connectivity index (χ1n) is 9.30. The van der Waals surface area contributed by atoms with Crippen molar-refractivity contribution in [3.63, 3.8) is 0 Å². The molecule has 1 aliphatic carbocycles. The second-order valence-corrected chi connectivity index (χ2v) is 8.16. The van der Waals surface area contributed by atoms with Gasteiger partial charge < -0.3 is 4.74 Å². The molecule has 0 N–H and O–H groups in total. The van der Waals surface area contributed by atoms with Gasteiger partial charge in [-0.3, -0.25) is 4.99 Å². The van der Waals surface area contributed by atoms with E-state index in [2.05, 4.69) is 67.5 Å². The summed E-state index contributed by atoms with van der Waals surface area (Å²) in [6, 6.07) is 6.56. The van der Waals surface area contributed by atoms with E-state index >= 15 is 0 Å². The van der Waals surface area contributed by atoms with Crippen LogP contribution in [0, 0.1) is 11.8 Å². The Morgan fingerprint density at radius 2 is 1.81 bits per heavy atom. The van der Waals surface area contributed by atoms with Crippen LogP contribution in [0.4, 0.5) is 0 Å². The van der Waals surface area contributed by atoms with Gasteiger partial charge in [0.25, 0.3) is 0 Å². The van der Waals surface area contributed by atoms with Crippen molar-refractivity contribution in [3.05, 3.63) is 58.8 Å². The zero-order chi connectivity index (χ0) is 20.1. The Kier molecular flexibility index (Phi) is 6.44. The number of ether oxygens (including phenoxy) is 1. The average Bonchev–Trinajstić information content (AvgIpc) is 2.63. The third-order valence-corrected chi connectivity index (χ3v) is 5.14. The van der Waals surface area contributed by atoms with Crippen molar-refractivity contribution in [2.24, 2.45) is 4.99 Å². The van der Waals surface area contributed by atoms with Crippen LogP contribution in [0.5, 0.6) is 0 Å². The third-order valence-electron chi connectivity index (χ3n) is 5.14. The lowest BCUT2D eigenvalue weighted by Gasteiger charge is -2.41. The fourth-order valence-corrected chi connectivity index (χ4v) is 3.34. The van der Waals surface area contributed by atoms with E-state index in [0.717, 1.165) is 17.4 Å². The van der Waals surface area contributed by atoms with E-state index in [-0.39, 0.29) is 10.8 Å². The summed E-state index contributed by atoms with van der Waals surface area (Å²) in [5, 5.41) is 0. The molecule has 0 unspecified atom stereocenters. The third kappa shape index (κ3) is 5.20. The number of aliphatic imine (C=N–C) groups is 1. The molecule has 0 atom stereocenters. The normalized spacial score (nSPS) is 18.1. The van der Waals surface area contributed by atoms with Crippen LogP contribution >= 0.6 is 0 Å². The maximum absolute atomic E-state index is 11.1. The highest BCUT2D eigenvalue weighted by Gasteiger charge is 2.36. The number of nitrogens with zero attached hydrogens (tertiary/aromatic N) is 1. The lowest BCUT2D eigenvalue weighted by molar-refractivity contribution is -0.132. The first-order valence-corrected chi connectivity index (χ1v) is 9.30. The van der Waals surface area contributed by atoms with E-state index in [1.54, 1.807) is 6.20 Å². The van der Waals surface area contributed by atoms with Crippen molar-refractivity contribution in [2.75, 3.05) is 7.11 Å². The Morgan fingerprint density at radius 1 is 1.15 bits per heavy atom. The summed E-state index contributed by atoms with van der Waals surface area (Å²) in [7, 11) is 1.32. The fraction of sp³-hybridized carbons (Fsp3) is 0.417. The second kappa shape index (κ2) is 8.39. The van der Waals surface area contributed by atoms with E-state index in [1.165, 1.54) is 31.1 Å². The Labute approximate surface area is 163 Å². The topological polar surface area (TPSA) is 38.7 Å². The summed E-state index contributed by atoms with van der Waals surface area (Å²) >= 11 is 0. The molecular formula is C24H29NO2. The average molecular weight is 364 g/mol. The first-order chi connectivity index (χ1) is 12.7. The van der Waals surface area contributed by atoms with Crippen molar-refractivity contribution in [3.8, 4) is 11.8 Å². The van der Waals surface area contributed by atoms with Gasteiger partial charge in [0.1, 0.15) is 6.21 Å². The van der Waals surface area contributed by atoms with Crippen molar-refractivity contribution in [1.82, 2.24) is 0 Å². The minimum atomic E-state index is -0.487. The predicted molar refractivity (Wildman–Crippen MR) is 112 cm³/mol. The number of benzene rings is 1. The van der Waals surface area contributed by atoms with Gasteiger partial charge in [0.2, 0.25) is 0 Å². The molecule has 0 saturated carbocycles. The number of esters is 1. The van der Waals surface area contributed by atoms with Crippen LogP contribution in [0.15, 0.2) is 47.1 Å². The van der Waals surface area contributed by atoms with Gasteiger partial charge in [0.15, 0.2) is 0 Å². The van der Waals surface area contributed by atoms with Crippen molar-refractivity contribution < 1.29 is 9.53 Å². The lowest BCUT2D eigenvalue weighted by atomic mass is 9.63. The Balaban J connectivity index is 2.36. The molecule has 1 aromatic carbocycles. The standard InChI is InChI=1S/C24H29NO2/c1-7-8-19(16-25-17-22(26)27-6)10-9-18-11-12-20-21(15-18)24(4,5)14-13-23(20,2)3/h7-8,11-12,15-17H,13-14H2,1-6H3/b8-7-,19-16+,25-17?. The van der Waals surface area contributed by atoms with Crippen molar-refractivity contribution >= 4 is 12.2 Å². The van der Waals surface area contributed by atoms with Crippen molar-refractivity contribution in [1.29, 1.82) is 0 Å². The first kappa shape index (κ1) is 20.7. The highest BCUT2D eigenvalue weighted by Crippen LogP contribution is 2.45. The summed E-state index contributed by atoms with van der Waals surface area (Å²) in [4.78, 5) is 15.1. The zero-order valence-electron chi connectivity index (χ0n) is 17.2. The minimum absolute atomic E-state index is 0.162. The number of hydrogen-bond acceptors (Lipinski definition) is 3. The summed E-state index contributed by atoms with van der Waals surface area (Å²) in [5.74, 6) is 5.89. The van der Waals surface area contributed by atoms with Crippen LogP contribution in [-0.2, 0) is 20.4 Å². The molecule has 1 aliphatic rings. The van der Waals surface area contributed by atoms with Gasteiger partial charge in [-0.1, -0.05) is 51.7 Å². The Hall–Kier alpha value is -2.60. The maximum atomic E-state index is 11.1. The number of hydrogen-bond donors (Lipinski definition) is 0. The van der Waals surface area contributed by atoms with E-state index < -0.39 is 5.97 Å². The molecule has 0 aromatic heterocycles. The number of methoxy groups -OCH3 is 1. The maximum Gasteiger partial charge on any atom is 0.349 e. The van der Waals surface area contributed by atoms with E-state index in [0.29, 0.717) is 0 Å². The fourth-order valence-electron chi connectivity index (χ4n) is 3.34. The minimum Gasteiger partial charge on any atom is -0.465 e. The molecule has 0 amide bonds. The summed E-state index contributed by atoms with van der Waals surface area (Å²) in [5.41, 5.74) is 4.91. The molecule has 1 aromatic rings. The van der Waals surface area contributed by atoms with Gasteiger partial charge in [-0.25, -0.2) is 4.79 Å². The SMILES string of the molecule is C/C=C\C(C#Cc1ccc2c(c1)C(C)(C)CCC2(C)C)=C/N=CC(=O)OC. The molecule has 3 nitrogen and oxygen atoms in total. The summed E-state index contributed by atoms with van der Waals surface area (Å²) in [6.07, 6.45) is 8.84. The van der Waals surface area contributed by atoms with E-state index in [4.69, 9.17) is 0 Å². The molecule has 0 aliphatic heterocycles. The van der Waals surface area contributed by atoms with Crippen LogP contribution in [0.1, 0.15) is 64.2 Å². The quantitative estimate of drug-likeness (QED) is 0.325. The summed E-state index contributed by atoms with van der Waals surface area (Å²) in [6.45, 7) is 11.2. The smallest absolute Gasteiger partial charge is 0.349 e. The number of allylic oxidation sites excluding steroid dienone is 3. The number of rotatable bonds is 3. The Bertz CT molecular complexity index is 858. The number of carbonyl (C=O) groups excluding carboxylic acids is 1. The molecule has 3 heteroatoms.